The number of nitrogens with zero attached hydrogens (tertiary/aromatic N) is 4. The van der Waals surface area contributed by atoms with Crippen LogP contribution in [0.1, 0.15) is 17.6 Å². The Hall–Kier alpha value is -2.51. The molecule has 2 aromatic heterocycles. The average molecular weight is 311 g/mol. The number of nitrogens with one attached hydrogen (secondary N) is 1. The summed E-state index contributed by atoms with van der Waals surface area (Å²) in [5.41, 5.74) is 2.09. The van der Waals surface area contributed by atoms with E-state index in [2.05, 4.69) is 20.6 Å². The van der Waals surface area contributed by atoms with Gasteiger partial charge in [0.15, 0.2) is 0 Å². The van der Waals surface area contributed by atoms with Gasteiger partial charge in [0.05, 0.1) is 13.2 Å². The molecule has 0 saturated carbocycles. The number of morpholine rings is 1. The molecule has 1 aliphatic heterocycles. The molecule has 1 aromatic carbocycles. The molecule has 3 aromatic rings. The molecule has 3 heterocycles. The molecule has 0 amide bonds. The molecule has 4 rings (SSSR count). The van der Waals surface area contributed by atoms with E-state index in [-0.39, 0.29) is 6.10 Å². The van der Waals surface area contributed by atoms with Gasteiger partial charge in [0, 0.05) is 31.0 Å². The van der Waals surface area contributed by atoms with Crippen LogP contribution in [-0.2, 0) is 11.3 Å². The first kappa shape index (κ1) is 14.1. The van der Waals surface area contributed by atoms with Gasteiger partial charge in [-0.25, -0.2) is 0 Å². The van der Waals surface area contributed by atoms with E-state index in [0.29, 0.717) is 24.9 Å². The highest BCUT2D eigenvalue weighted by atomic mass is 16.5. The minimum atomic E-state index is -0.163. The third-order valence-corrected chi connectivity index (χ3v) is 3.76. The summed E-state index contributed by atoms with van der Waals surface area (Å²) < 4.78 is 12.8. The fourth-order valence-corrected chi connectivity index (χ4v) is 2.55. The molecule has 0 bridgehead atoms. The molecule has 0 spiro atoms. The molecule has 0 unspecified atom stereocenters. The first-order chi connectivity index (χ1) is 11.4. The molecule has 1 saturated heterocycles. The van der Waals surface area contributed by atoms with Gasteiger partial charge in [0.1, 0.15) is 6.10 Å². The van der Waals surface area contributed by atoms with Crippen molar-refractivity contribution in [3.05, 3.63) is 54.2 Å². The predicted molar refractivity (Wildman–Crippen MR) is 82.6 cm³/mol. The highest BCUT2D eigenvalue weighted by Crippen LogP contribution is 2.22. The van der Waals surface area contributed by atoms with Gasteiger partial charge < -0.3 is 14.6 Å². The number of rotatable bonds is 4. The average Bonchev–Trinajstić information content (AvgIpc) is 3.28. The van der Waals surface area contributed by atoms with Gasteiger partial charge in [-0.3, -0.25) is 4.68 Å². The van der Waals surface area contributed by atoms with Gasteiger partial charge in [0.25, 0.3) is 5.89 Å². The summed E-state index contributed by atoms with van der Waals surface area (Å²) in [7, 11) is 0. The molecule has 0 aliphatic carbocycles. The predicted octanol–water partition coefficient (Wildman–Crippen LogP) is 1.64. The van der Waals surface area contributed by atoms with Crippen molar-refractivity contribution >= 4 is 0 Å². The van der Waals surface area contributed by atoms with E-state index >= 15 is 0 Å². The van der Waals surface area contributed by atoms with E-state index in [1.807, 2.05) is 41.2 Å². The Morgan fingerprint density at radius 1 is 1.26 bits per heavy atom. The Morgan fingerprint density at radius 3 is 2.91 bits per heavy atom. The molecule has 1 N–H and O–H groups in total. The second-order valence-corrected chi connectivity index (χ2v) is 5.42. The van der Waals surface area contributed by atoms with Crippen LogP contribution in [0.25, 0.3) is 11.4 Å². The van der Waals surface area contributed by atoms with Gasteiger partial charge in [-0.1, -0.05) is 29.4 Å². The van der Waals surface area contributed by atoms with E-state index in [1.165, 1.54) is 5.56 Å². The quantitative estimate of drug-likeness (QED) is 0.789. The lowest BCUT2D eigenvalue weighted by atomic mass is 10.1. The summed E-state index contributed by atoms with van der Waals surface area (Å²) in [4.78, 5) is 4.45. The second-order valence-electron chi connectivity index (χ2n) is 5.42. The topological polar surface area (TPSA) is 78.0 Å². The molecule has 0 radical (unpaired) electrons. The molecule has 23 heavy (non-hydrogen) atoms. The van der Waals surface area contributed by atoms with Crippen molar-refractivity contribution in [1.29, 1.82) is 0 Å². The number of hydrogen-bond acceptors (Lipinski definition) is 6. The molecular formula is C16H17N5O2. The van der Waals surface area contributed by atoms with E-state index in [1.54, 1.807) is 6.20 Å². The summed E-state index contributed by atoms with van der Waals surface area (Å²) in [5, 5.41) is 11.5. The number of ether oxygens (including phenoxy) is 1. The Balaban J connectivity index is 1.48. The molecule has 1 atom stereocenters. The zero-order valence-electron chi connectivity index (χ0n) is 12.6. The zero-order valence-corrected chi connectivity index (χ0v) is 12.6. The normalized spacial score (nSPS) is 18.2. The van der Waals surface area contributed by atoms with Crippen molar-refractivity contribution < 1.29 is 9.26 Å². The van der Waals surface area contributed by atoms with Crippen LogP contribution in [0.2, 0.25) is 0 Å². The van der Waals surface area contributed by atoms with Crippen LogP contribution in [0.15, 0.2) is 47.2 Å². The maximum absolute atomic E-state index is 5.62. The van der Waals surface area contributed by atoms with E-state index < -0.39 is 0 Å². The number of hydrogen-bond donors (Lipinski definition) is 1. The minimum absolute atomic E-state index is 0.163. The Bertz CT molecular complexity index is 745. The van der Waals surface area contributed by atoms with Crippen molar-refractivity contribution in [2.24, 2.45) is 0 Å². The molecular weight excluding hydrogens is 294 g/mol. The third kappa shape index (κ3) is 3.15. The fourth-order valence-electron chi connectivity index (χ4n) is 2.55. The SMILES string of the molecule is c1cnn(Cc2ccc(-c3noc([C@H]4CNCCO4)n3)cc2)c1. The van der Waals surface area contributed by atoms with Crippen LogP contribution >= 0.6 is 0 Å². The van der Waals surface area contributed by atoms with Crippen LogP contribution in [0.5, 0.6) is 0 Å². The molecule has 7 heteroatoms. The van der Waals surface area contributed by atoms with E-state index in [4.69, 9.17) is 9.26 Å². The Labute approximate surface area is 133 Å². The monoisotopic (exact) mass is 311 g/mol. The summed E-state index contributed by atoms with van der Waals surface area (Å²) in [5.74, 6) is 1.10. The van der Waals surface area contributed by atoms with Crippen LogP contribution in [0.4, 0.5) is 0 Å². The van der Waals surface area contributed by atoms with Crippen molar-refractivity contribution in [3.63, 3.8) is 0 Å². The molecule has 118 valence electrons. The summed E-state index contributed by atoms with van der Waals surface area (Å²) in [6, 6.07) is 10.00. The van der Waals surface area contributed by atoms with Crippen LogP contribution in [0.3, 0.4) is 0 Å². The first-order valence-corrected chi connectivity index (χ1v) is 7.61. The summed E-state index contributed by atoms with van der Waals surface area (Å²) in [6.07, 6.45) is 3.55. The van der Waals surface area contributed by atoms with Gasteiger partial charge in [-0.2, -0.15) is 10.1 Å². The minimum Gasteiger partial charge on any atom is -0.366 e. The molecule has 1 fully saturated rings. The number of benzene rings is 1. The van der Waals surface area contributed by atoms with E-state index in [0.717, 1.165) is 18.7 Å². The van der Waals surface area contributed by atoms with Gasteiger partial charge in [-0.15, -0.1) is 0 Å². The largest absolute Gasteiger partial charge is 0.366 e. The highest BCUT2D eigenvalue weighted by Gasteiger charge is 2.22. The van der Waals surface area contributed by atoms with Gasteiger partial charge in [0.2, 0.25) is 5.82 Å². The maximum atomic E-state index is 5.62. The van der Waals surface area contributed by atoms with Gasteiger partial charge >= 0.3 is 0 Å². The smallest absolute Gasteiger partial charge is 0.257 e. The number of aromatic nitrogens is 4. The second kappa shape index (κ2) is 6.31. The Morgan fingerprint density at radius 2 is 2.17 bits per heavy atom. The van der Waals surface area contributed by atoms with E-state index in [9.17, 15) is 0 Å². The van der Waals surface area contributed by atoms with Crippen LogP contribution < -0.4 is 5.32 Å². The lowest BCUT2D eigenvalue weighted by Crippen LogP contribution is -2.33. The standard InChI is InChI=1S/C16H17N5O2/c1-6-18-21(8-1)11-12-2-4-13(5-3-12)15-19-16(23-20-15)14-10-17-7-9-22-14/h1-6,8,14,17H,7,9-11H2/t14-/m1/s1. The van der Waals surface area contributed by atoms with Crippen molar-refractivity contribution in [1.82, 2.24) is 25.2 Å². The lowest BCUT2D eigenvalue weighted by Gasteiger charge is -2.19. The van der Waals surface area contributed by atoms with Crippen molar-refractivity contribution in [2.45, 2.75) is 12.6 Å². The molecule has 7 nitrogen and oxygen atoms in total. The van der Waals surface area contributed by atoms with Gasteiger partial charge in [-0.05, 0) is 11.6 Å². The maximum Gasteiger partial charge on any atom is 0.257 e. The van der Waals surface area contributed by atoms with Crippen molar-refractivity contribution in [2.75, 3.05) is 19.7 Å². The van der Waals surface area contributed by atoms with Crippen LogP contribution in [-0.4, -0.2) is 39.6 Å². The third-order valence-electron chi connectivity index (χ3n) is 3.76. The fraction of sp³-hybridized carbons (Fsp3) is 0.312. The molecule has 1 aliphatic rings. The lowest BCUT2D eigenvalue weighted by molar-refractivity contribution is 0.00755. The zero-order chi connectivity index (χ0) is 15.5. The van der Waals surface area contributed by atoms with Crippen molar-refractivity contribution in [3.8, 4) is 11.4 Å². The Kier molecular flexibility index (Phi) is 3.87. The van der Waals surface area contributed by atoms with Crippen LogP contribution in [0, 0.1) is 0 Å². The first-order valence-electron chi connectivity index (χ1n) is 7.61. The summed E-state index contributed by atoms with van der Waals surface area (Å²) >= 11 is 0. The highest BCUT2D eigenvalue weighted by molar-refractivity contribution is 5.54. The summed E-state index contributed by atoms with van der Waals surface area (Å²) in [6.45, 7) is 2.95.